The van der Waals surface area contributed by atoms with Gasteiger partial charge in [-0.3, -0.25) is 4.79 Å². The first-order chi connectivity index (χ1) is 10.1. The molecule has 0 saturated carbocycles. The molecule has 2 atom stereocenters. The highest BCUT2D eigenvalue weighted by Gasteiger charge is 2.26. The summed E-state index contributed by atoms with van der Waals surface area (Å²) in [5, 5.41) is 14.7. The summed E-state index contributed by atoms with van der Waals surface area (Å²) >= 11 is 1.63. The van der Waals surface area contributed by atoms with E-state index in [1.165, 1.54) is 12.8 Å². The molecule has 0 spiro atoms. The molecule has 0 bridgehead atoms. The Morgan fingerprint density at radius 2 is 2.24 bits per heavy atom. The number of carboxylic acid groups (broad SMARTS) is 1. The topological polar surface area (TPSA) is 52.6 Å². The van der Waals surface area contributed by atoms with Crippen molar-refractivity contribution in [2.24, 2.45) is 5.92 Å². The van der Waals surface area contributed by atoms with Crippen molar-refractivity contribution in [3.05, 3.63) is 22.4 Å². The third kappa shape index (κ3) is 4.80. The molecule has 2 rings (SSSR count). The first kappa shape index (κ1) is 16.5. The summed E-state index contributed by atoms with van der Waals surface area (Å²) in [6, 6.07) is 4.30. The van der Waals surface area contributed by atoms with E-state index in [4.69, 9.17) is 5.11 Å². The normalized spacial score (nSPS) is 20.3. The molecule has 2 unspecified atom stereocenters. The molecule has 4 nitrogen and oxygen atoms in total. The van der Waals surface area contributed by atoms with Crippen molar-refractivity contribution in [3.8, 4) is 0 Å². The lowest BCUT2D eigenvalue weighted by atomic mass is 9.89. The molecule has 2 N–H and O–H groups in total. The van der Waals surface area contributed by atoms with Gasteiger partial charge in [0.1, 0.15) is 0 Å². The van der Waals surface area contributed by atoms with Gasteiger partial charge < -0.3 is 15.3 Å². The van der Waals surface area contributed by atoms with Crippen LogP contribution in [0.3, 0.4) is 0 Å². The number of hydrogen-bond donors (Lipinski definition) is 2. The summed E-state index contributed by atoms with van der Waals surface area (Å²) in [5.74, 6) is -0.0991. The van der Waals surface area contributed by atoms with Gasteiger partial charge in [0.2, 0.25) is 0 Å². The van der Waals surface area contributed by atoms with E-state index in [1.807, 2.05) is 17.5 Å². The number of thiophene rings is 1. The molecular formula is C16H26N2O2S. The van der Waals surface area contributed by atoms with Crippen LogP contribution in [0.15, 0.2) is 17.5 Å². The SMILES string of the molecule is CCN1CCC(C(C)NC(CC(=O)O)c2cccs2)CC1. The van der Waals surface area contributed by atoms with Crippen molar-refractivity contribution in [1.82, 2.24) is 10.2 Å². The third-order valence-electron chi connectivity index (χ3n) is 4.52. The van der Waals surface area contributed by atoms with Crippen molar-refractivity contribution in [1.29, 1.82) is 0 Å². The summed E-state index contributed by atoms with van der Waals surface area (Å²) in [6.45, 7) is 7.87. The lowest BCUT2D eigenvalue weighted by molar-refractivity contribution is -0.137. The molecule has 118 valence electrons. The van der Waals surface area contributed by atoms with Gasteiger partial charge in [0.05, 0.1) is 12.5 Å². The Morgan fingerprint density at radius 3 is 2.76 bits per heavy atom. The van der Waals surface area contributed by atoms with E-state index >= 15 is 0 Å². The first-order valence-corrected chi connectivity index (χ1v) is 8.71. The van der Waals surface area contributed by atoms with Crippen LogP contribution in [-0.2, 0) is 4.79 Å². The lowest BCUT2D eigenvalue weighted by Crippen LogP contribution is -2.43. The Balaban J connectivity index is 1.92. The van der Waals surface area contributed by atoms with Crippen LogP contribution < -0.4 is 5.32 Å². The van der Waals surface area contributed by atoms with Gasteiger partial charge in [0.25, 0.3) is 0 Å². The molecule has 1 aromatic rings. The van der Waals surface area contributed by atoms with Gasteiger partial charge in [0, 0.05) is 10.9 Å². The summed E-state index contributed by atoms with van der Waals surface area (Å²) < 4.78 is 0. The highest BCUT2D eigenvalue weighted by atomic mass is 32.1. The summed E-state index contributed by atoms with van der Waals surface area (Å²) in [6.07, 6.45) is 2.55. The molecule has 0 aromatic carbocycles. The van der Waals surface area contributed by atoms with Crippen LogP contribution in [0.4, 0.5) is 0 Å². The van der Waals surface area contributed by atoms with Crippen LogP contribution in [0.2, 0.25) is 0 Å². The second-order valence-corrected chi connectivity index (χ2v) is 6.87. The largest absolute Gasteiger partial charge is 0.481 e. The Morgan fingerprint density at radius 1 is 1.52 bits per heavy atom. The molecule has 1 aliphatic rings. The molecule has 0 amide bonds. The highest BCUT2D eigenvalue weighted by molar-refractivity contribution is 7.10. The van der Waals surface area contributed by atoms with Gasteiger partial charge in [-0.1, -0.05) is 13.0 Å². The fourth-order valence-electron chi connectivity index (χ4n) is 3.13. The van der Waals surface area contributed by atoms with Crippen LogP contribution in [0.1, 0.15) is 44.0 Å². The number of piperidine rings is 1. The number of carboxylic acids is 1. The van der Waals surface area contributed by atoms with E-state index in [-0.39, 0.29) is 12.5 Å². The molecule has 5 heteroatoms. The molecule has 1 aromatic heterocycles. The van der Waals surface area contributed by atoms with Crippen LogP contribution in [0.25, 0.3) is 0 Å². The van der Waals surface area contributed by atoms with Gasteiger partial charge in [-0.05, 0) is 56.8 Å². The zero-order valence-corrected chi connectivity index (χ0v) is 13.7. The van der Waals surface area contributed by atoms with E-state index in [2.05, 4.69) is 24.1 Å². The van der Waals surface area contributed by atoms with Gasteiger partial charge >= 0.3 is 5.97 Å². The zero-order valence-electron chi connectivity index (χ0n) is 12.9. The number of nitrogens with zero attached hydrogens (tertiary/aromatic N) is 1. The lowest BCUT2D eigenvalue weighted by Gasteiger charge is -2.36. The van der Waals surface area contributed by atoms with Crippen molar-refractivity contribution in [3.63, 3.8) is 0 Å². The fourth-order valence-corrected chi connectivity index (χ4v) is 3.92. The summed E-state index contributed by atoms with van der Waals surface area (Å²) in [7, 11) is 0. The minimum atomic E-state index is -0.742. The number of carbonyl (C=O) groups is 1. The van der Waals surface area contributed by atoms with Crippen molar-refractivity contribution in [2.45, 2.75) is 45.2 Å². The maximum absolute atomic E-state index is 11.1. The number of rotatable bonds is 7. The van der Waals surface area contributed by atoms with Gasteiger partial charge in [-0.25, -0.2) is 0 Å². The van der Waals surface area contributed by atoms with E-state index < -0.39 is 5.97 Å². The summed E-state index contributed by atoms with van der Waals surface area (Å²) in [5.41, 5.74) is 0. The predicted octanol–water partition coefficient (Wildman–Crippen LogP) is 2.97. The monoisotopic (exact) mass is 310 g/mol. The Hall–Kier alpha value is -0.910. The van der Waals surface area contributed by atoms with Crippen LogP contribution in [-0.4, -0.2) is 41.7 Å². The highest BCUT2D eigenvalue weighted by Crippen LogP contribution is 2.26. The number of likely N-dealkylation sites (tertiary alicyclic amines) is 1. The van der Waals surface area contributed by atoms with E-state index in [9.17, 15) is 4.79 Å². The average Bonchev–Trinajstić information content (AvgIpc) is 3.00. The Labute approximate surface area is 131 Å². The third-order valence-corrected chi connectivity index (χ3v) is 5.50. The van der Waals surface area contributed by atoms with E-state index in [0.29, 0.717) is 12.0 Å². The molecule has 0 aliphatic carbocycles. The van der Waals surface area contributed by atoms with Gasteiger partial charge in [-0.2, -0.15) is 0 Å². The molecule has 1 fully saturated rings. The number of hydrogen-bond acceptors (Lipinski definition) is 4. The Kier molecular flexibility index (Phi) is 6.21. The second kappa shape index (κ2) is 7.92. The predicted molar refractivity (Wildman–Crippen MR) is 86.7 cm³/mol. The molecule has 0 radical (unpaired) electrons. The van der Waals surface area contributed by atoms with Gasteiger partial charge in [0.15, 0.2) is 0 Å². The molecule has 21 heavy (non-hydrogen) atoms. The van der Waals surface area contributed by atoms with Crippen LogP contribution >= 0.6 is 11.3 Å². The smallest absolute Gasteiger partial charge is 0.305 e. The first-order valence-electron chi connectivity index (χ1n) is 7.83. The minimum Gasteiger partial charge on any atom is -0.481 e. The molecule has 1 aliphatic heterocycles. The number of aliphatic carboxylic acids is 1. The minimum absolute atomic E-state index is 0.0679. The maximum atomic E-state index is 11.1. The average molecular weight is 310 g/mol. The summed E-state index contributed by atoms with van der Waals surface area (Å²) in [4.78, 5) is 14.7. The second-order valence-electron chi connectivity index (χ2n) is 5.89. The zero-order chi connectivity index (χ0) is 15.2. The standard InChI is InChI=1S/C16H26N2O2S/c1-3-18-8-6-13(7-9-18)12(2)17-14(11-16(19)20)15-5-4-10-21-15/h4-5,10,12-14,17H,3,6-9,11H2,1-2H3,(H,19,20). The van der Waals surface area contributed by atoms with E-state index in [0.717, 1.165) is 24.5 Å². The quantitative estimate of drug-likeness (QED) is 0.813. The number of nitrogens with one attached hydrogen (secondary N) is 1. The fraction of sp³-hybridized carbons (Fsp3) is 0.688. The van der Waals surface area contributed by atoms with Crippen molar-refractivity contribution >= 4 is 17.3 Å². The van der Waals surface area contributed by atoms with Crippen LogP contribution in [0, 0.1) is 5.92 Å². The molecule has 2 heterocycles. The molecule has 1 saturated heterocycles. The van der Waals surface area contributed by atoms with E-state index in [1.54, 1.807) is 11.3 Å². The Bertz CT molecular complexity index is 427. The maximum Gasteiger partial charge on any atom is 0.305 e. The van der Waals surface area contributed by atoms with Crippen molar-refractivity contribution < 1.29 is 9.90 Å². The molecular weight excluding hydrogens is 284 g/mol. The van der Waals surface area contributed by atoms with Crippen LogP contribution in [0.5, 0.6) is 0 Å². The van der Waals surface area contributed by atoms with Crippen molar-refractivity contribution in [2.75, 3.05) is 19.6 Å². The van der Waals surface area contributed by atoms with Gasteiger partial charge in [-0.15, -0.1) is 11.3 Å².